The number of thioether (sulfide) groups is 1. The summed E-state index contributed by atoms with van der Waals surface area (Å²) in [6.45, 7) is 0.989. The number of nitrogens with one attached hydrogen (secondary N) is 1. The van der Waals surface area contributed by atoms with E-state index in [1.165, 1.54) is 26.8 Å². The minimum absolute atomic E-state index is 0.989. The molecule has 0 radical (unpaired) electrons. The molecule has 0 atom stereocenters. The Kier molecular flexibility index (Phi) is 3.09. The third-order valence-corrected chi connectivity index (χ3v) is 4.35. The van der Waals surface area contributed by atoms with E-state index >= 15 is 0 Å². The van der Waals surface area contributed by atoms with Crippen molar-refractivity contribution in [1.29, 1.82) is 0 Å². The second-order valence-electron chi connectivity index (χ2n) is 3.00. The third-order valence-electron chi connectivity index (χ3n) is 1.96. The van der Waals surface area contributed by atoms with Gasteiger partial charge in [-0.2, -0.15) is 0 Å². The summed E-state index contributed by atoms with van der Waals surface area (Å²) in [7, 11) is 1.99. The van der Waals surface area contributed by atoms with Crippen molar-refractivity contribution in [3.05, 3.63) is 28.0 Å². The highest BCUT2D eigenvalue weighted by Gasteiger charge is 2.09. The van der Waals surface area contributed by atoms with E-state index in [0.29, 0.717) is 0 Å². The summed E-state index contributed by atoms with van der Waals surface area (Å²) < 4.78 is 0. The minimum Gasteiger partial charge on any atom is -0.315 e. The largest absolute Gasteiger partial charge is 0.315 e. The molecule has 3 heteroatoms. The van der Waals surface area contributed by atoms with Gasteiger partial charge in [-0.15, -0.1) is 23.1 Å². The number of allylic oxidation sites excluding steroid dienone is 1. The monoisotopic (exact) mass is 211 g/mol. The zero-order chi connectivity index (χ0) is 9.10. The molecule has 0 saturated carbocycles. The summed E-state index contributed by atoms with van der Waals surface area (Å²) >= 11 is 3.88. The van der Waals surface area contributed by atoms with Gasteiger partial charge in [-0.05, 0) is 25.6 Å². The maximum atomic E-state index is 3.17. The van der Waals surface area contributed by atoms with Crippen LogP contribution in [-0.4, -0.2) is 12.8 Å². The van der Waals surface area contributed by atoms with Crippen LogP contribution in [0.15, 0.2) is 18.2 Å². The summed E-state index contributed by atoms with van der Waals surface area (Å²) in [6.07, 6.45) is 3.58. The van der Waals surface area contributed by atoms with Crippen LogP contribution in [0.4, 0.5) is 0 Å². The van der Waals surface area contributed by atoms with E-state index in [1.807, 2.05) is 30.1 Å². The van der Waals surface area contributed by atoms with Crippen molar-refractivity contribution in [3.63, 3.8) is 0 Å². The van der Waals surface area contributed by atoms with Crippen molar-refractivity contribution in [2.45, 2.75) is 13.0 Å². The highest BCUT2D eigenvalue weighted by Crippen LogP contribution is 2.37. The molecule has 2 heterocycles. The summed E-state index contributed by atoms with van der Waals surface area (Å²) in [5.74, 6) is 1.26. The first-order chi connectivity index (χ1) is 6.40. The van der Waals surface area contributed by atoms with Gasteiger partial charge in [0.1, 0.15) is 0 Å². The van der Waals surface area contributed by atoms with E-state index < -0.39 is 0 Å². The first kappa shape index (κ1) is 9.31. The Bertz CT molecular complexity index is 314. The molecular weight excluding hydrogens is 198 g/mol. The van der Waals surface area contributed by atoms with E-state index in [-0.39, 0.29) is 0 Å². The van der Waals surface area contributed by atoms with Crippen molar-refractivity contribution in [2.24, 2.45) is 0 Å². The lowest BCUT2D eigenvalue weighted by atomic mass is 10.3. The lowest BCUT2D eigenvalue weighted by molar-refractivity contribution is 0.831. The Hall–Kier alpha value is -0.250. The summed E-state index contributed by atoms with van der Waals surface area (Å²) in [6, 6.07) is 4.46. The van der Waals surface area contributed by atoms with Crippen LogP contribution in [0.2, 0.25) is 0 Å². The predicted molar refractivity (Wildman–Crippen MR) is 62.1 cm³/mol. The fraction of sp³-hybridized carbons (Fsp3) is 0.400. The molecule has 1 aliphatic rings. The molecule has 1 aliphatic heterocycles. The molecule has 1 aromatic heterocycles. The van der Waals surface area contributed by atoms with E-state index in [1.54, 1.807) is 0 Å². The second kappa shape index (κ2) is 4.31. The van der Waals surface area contributed by atoms with E-state index in [9.17, 15) is 0 Å². The molecular formula is C10H13NS2. The SMILES string of the molecule is CNCc1ccc(C2=CCCS2)s1. The summed E-state index contributed by atoms with van der Waals surface area (Å²) in [5, 5.41) is 3.17. The summed E-state index contributed by atoms with van der Waals surface area (Å²) in [4.78, 5) is 4.34. The van der Waals surface area contributed by atoms with Gasteiger partial charge < -0.3 is 5.32 Å². The molecule has 0 aliphatic carbocycles. The van der Waals surface area contributed by atoms with Gasteiger partial charge >= 0.3 is 0 Å². The van der Waals surface area contributed by atoms with Crippen LogP contribution < -0.4 is 5.32 Å². The van der Waals surface area contributed by atoms with Crippen LogP contribution in [-0.2, 0) is 6.54 Å². The van der Waals surface area contributed by atoms with Gasteiger partial charge in [0.25, 0.3) is 0 Å². The maximum absolute atomic E-state index is 3.17. The van der Waals surface area contributed by atoms with Crippen molar-refractivity contribution in [3.8, 4) is 0 Å². The van der Waals surface area contributed by atoms with Crippen LogP contribution in [0.25, 0.3) is 4.91 Å². The van der Waals surface area contributed by atoms with Crippen LogP contribution in [0.1, 0.15) is 16.2 Å². The highest BCUT2D eigenvalue weighted by atomic mass is 32.2. The average molecular weight is 211 g/mol. The van der Waals surface area contributed by atoms with Crippen LogP contribution in [0.3, 0.4) is 0 Å². The predicted octanol–water partition coefficient (Wildman–Crippen LogP) is 2.95. The molecule has 0 aromatic carbocycles. The standard InChI is InChI=1S/C10H13NS2/c1-11-7-8-4-5-10(13-8)9-3-2-6-12-9/h3-5,11H,2,6-7H2,1H3. The molecule has 0 fully saturated rings. The molecule has 0 amide bonds. The quantitative estimate of drug-likeness (QED) is 0.825. The number of rotatable bonds is 3. The normalized spacial score (nSPS) is 16.2. The Balaban J connectivity index is 2.12. The number of hydrogen-bond acceptors (Lipinski definition) is 3. The molecule has 0 unspecified atom stereocenters. The fourth-order valence-corrected chi connectivity index (χ4v) is 3.53. The topological polar surface area (TPSA) is 12.0 Å². The second-order valence-corrected chi connectivity index (χ2v) is 5.31. The smallest absolute Gasteiger partial charge is 0.0406 e. The van der Waals surface area contributed by atoms with E-state index in [2.05, 4.69) is 23.5 Å². The van der Waals surface area contributed by atoms with Crippen molar-refractivity contribution in [1.82, 2.24) is 5.32 Å². The Morgan fingerprint density at radius 1 is 1.46 bits per heavy atom. The van der Waals surface area contributed by atoms with Gasteiger partial charge in [0.2, 0.25) is 0 Å². The average Bonchev–Trinajstić information content (AvgIpc) is 2.70. The molecule has 2 rings (SSSR count). The third kappa shape index (κ3) is 2.16. The Morgan fingerprint density at radius 2 is 2.38 bits per heavy atom. The molecule has 0 spiro atoms. The van der Waals surface area contributed by atoms with Crippen molar-refractivity contribution in [2.75, 3.05) is 12.8 Å². The molecule has 1 aromatic rings. The van der Waals surface area contributed by atoms with Crippen LogP contribution >= 0.6 is 23.1 Å². The molecule has 0 saturated heterocycles. The molecule has 0 bridgehead atoms. The maximum Gasteiger partial charge on any atom is 0.0406 e. The number of hydrogen-bond donors (Lipinski definition) is 1. The van der Waals surface area contributed by atoms with Gasteiger partial charge in [0.05, 0.1) is 0 Å². The molecule has 1 N–H and O–H groups in total. The fourth-order valence-electron chi connectivity index (χ4n) is 1.37. The highest BCUT2D eigenvalue weighted by molar-refractivity contribution is 8.08. The van der Waals surface area contributed by atoms with Crippen LogP contribution in [0.5, 0.6) is 0 Å². The zero-order valence-corrected chi connectivity index (χ0v) is 9.30. The molecule has 13 heavy (non-hydrogen) atoms. The summed E-state index contributed by atoms with van der Waals surface area (Å²) in [5.41, 5.74) is 0. The first-order valence-corrected chi connectivity index (χ1v) is 6.27. The Morgan fingerprint density at radius 3 is 3.08 bits per heavy atom. The van der Waals surface area contributed by atoms with Gasteiger partial charge in [-0.25, -0.2) is 0 Å². The Labute approximate surface area is 87.2 Å². The zero-order valence-electron chi connectivity index (χ0n) is 7.67. The van der Waals surface area contributed by atoms with Gasteiger partial charge in [0.15, 0.2) is 0 Å². The lowest BCUT2D eigenvalue weighted by Crippen LogP contribution is -2.02. The van der Waals surface area contributed by atoms with Gasteiger partial charge in [-0.1, -0.05) is 6.08 Å². The lowest BCUT2D eigenvalue weighted by Gasteiger charge is -1.95. The van der Waals surface area contributed by atoms with Crippen molar-refractivity contribution >= 4 is 28.0 Å². The van der Waals surface area contributed by atoms with Crippen LogP contribution in [0, 0.1) is 0 Å². The van der Waals surface area contributed by atoms with Gasteiger partial charge in [-0.3, -0.25) is 0 Å². The molecule has 70 valence electrons. The molecule has 1 nitrogen and oxygen atoms in total. The van der Waals surface area contributed by atoms with Crippen molar-refractivity contribution < 1.29 is 0 Å². The number of thiophene rings is 1. The first-order valence-electron chi connectivity index (χ1n) is 4.47. The van der Waals surface area contributed by atoms with E-state index in [0.717, 1.165) is 6.54 Å². The van der Waals surface area contributed by atoms with E-state index in [4.69, 9.17) is 0 Å². The van der Waals surface area contributed by atoms with Gasteiger partial charge in [0, 0.05) is 27.0 Å². The minimum atomic E-state index is 0.989.